The molecule has 0 saturated heterocycles. The predicted octanol–water partition coefficient (Wildman–Crippen LogP) is 5.41. The van der Waals surface area contributed by atoms with Gasteiger partial charge in [0.25, 0.3) is 5.91 Å². The van der Waals surface area contributed by atoms with Gasteiger partial charge in [-0.1, -0.05) is 26.0 Å². The van der Waals surface area contributed by atoms with Crippen LogP contribution in [0.2, 0.25) is 0 Å². The fraction of sp³-hybridized carbons (Fsp3) is 0.448. The maximum absolute atomic E-state index is 13.5. The first-order valence-corrected chi connectivity index (χ1v) is 12.8. The number of H-pyrrole nitrogens is 1. The summed E-state index contributed by atoms with van der Waals surface area (Å²) < 4.78 is 17.3. The highest BCUT2D eigenvalue weighted by Crippen LogP contribution is 2.46. The summed E-state index contributed by atoms with van der Waals surface area (Å²) in [5.74, 6) is 1.85. The van der Waals surface area contributed by atoms with Crippen molar-refractivity contribution in [3.8, 4) is 28.5 Å². The number of aromatic hydroxyl groups is 1. The predicted molar refractivity (Wildman–Crippen MR) is 142 cm³/mol. The number of nitrogens with one attached hydrogen (secondary N) is 1. The molecule has 8 nitrogen and oxygen atoms in total. The Balaban J connectivity index is 1.82. The molecule has 1 aliphatic rings. The van der Waals surface area contributed by atoms with Gasteiger partial charge in [-0.3, -0.25) is 9.89 Å². The largest absolute Gasteiger partial charge is 0.507 e. The van der Waals surface area contributed by atoms with Gasteiger partial charge in [-0.15, -0.1) is 0 Å². The van der Waals surface area contributed by atoms with Gasteiger partial charge < -0.3 is 24.2 Å². The molecule has 1 aliphatic heterocycles. The number of phenols is 1. The Hall–Kier alpha value is -3.52. The molecule has 1 atom stereocenters. The Morgan fingerprint density at radius 2 is 1.89 bits per heavy atom. The zero-order valence-electron chi connectivity index (χ0n) is 22.6. The lowest BCUT2D eigenvalue weighted by Crippen LogP contribution is -2.32. The molecule has 198 valence electrons. The molecule has 1 unspecified atom stereocenters. The van der Waals surface area contributed by atoms with E-state index in [1.54, 1.807) is 12.0 Å². The van der Waals surface area contributed by atoms with E-state index in [0.717, 1.165) is 28.7 Å². The second kappa shape index (κ2) is 11.3. The molecule has 2 aromatic carbocycles. The number of hydrogen-bond donors (Lipinski definition) is 2. The smallest absolute Gasteiger partial charge is 0.273 e. The fourth-order valence-corrected chi connectivity index (χ4v) is 4.80. The number of phenolic OH excluding ortho intramolecular Hbond substituents is 1. The van der Waals surface area contributed by atoms with E-state index in [4.69, 9.17) is 14.2 Å². The van der Waals surface area contributed by atoms with Crippen LogP contribution in [0.3, 0.4) is 0 Å². The van der Waals surface area contributed by atoms with Crippen molar-refractivity contribution < 1.29 is 24.1 Å². The molecular weight excluding hydrogens is 470 g/mol. The number of methoxy groups -OCH3 is 1. The Morgan fingerprint density at radius 1 is 1.11 bits per heavy atom. The molecule has 0 spiro atoms. The Bertz CT molecular complexity index is 1270. The highest BCUT2D eigenvalue weighted by Gasteiger charge is 2.42. The van der Waals surface area contributed by atoms with E-state index in [0.29, 0.717) is 60.7 Å². The molecular formula is C29H37N3O5. The Morgan fingerprint density at radius 3 is 2.59 bits per heavy atom. The van der Waals surface area contributed by atoms with E-state index in [1.807, 2.05) is 51.1 Å². The van der Waals surface area contributed by atoms with Gasteiger partial charge in [0, 0.05) is 24.8 Å². The van der Waals surface area contributed by atoms with Crippen LogP contribution in [-0.4, -0.2) is 59.6 Å². The normalized spacial score (nSPS) is 14.9. The van der Waals surface area contributed by atoms with Gasteiger partial charge in [-0.2, -0.15) is 5.10 Å². The van der Waals surface area contributed by atoms with Crippen molar-refractivity contribution in [1.29, 1.82) is 0 Å². The molecule has 1 amide bonds. The van der Waals surface area contributed by atoms with Crippen molar-refractivity contribution >= 4 is 5.91 Å². The average molecular weight is 508 g/mol. The summed E-state index contributed by atoms with van der Waals surface area (Å²) in [6.45, 7) is 12.0. The van der Waals surface area contributed by atoms with Gasteiger partial charge >= 0.3 is 0 Å². The first kappa shape index (κ1) is 26.5. The van der Waals surface area contributed by atoms with E-state index in [1.165, 1.54) is 0 Å². The third kappa shape index (κ3) is 5.30. The van der Waals surface area contributed by atoms with Gasteiger partial charge in [-0.25, -0.2) is 0 Å². The van der Waals surface area contributed by atoms with Crippen LogP contribution >= 0.6 is 0 Å². The zero-order valence-corrected chi connectivity index (χ0v) is 22.6. The Kier molecular flexibility index (Phi) is 8.07. The molecule has 0 fully saturated rings. The van der Waals surface area contributed by atoms with E-state index >= 15 is 0 Å². The number of aryl methyl sites for hydroxylation is 2. The van der Waals surface area contributed by atoms with Gasteiger partial charge in [0.15, 0.2) is 11.5 Å². The third-order valence-electron chi connectivity index (χ3n) is 6.64. The molecule has 4 rings (SSSR count). The number of amides is 1. The van der Waals surface area contributed by atoms with E-state index in [-0.39, 0.29) is 11.7 Å². The van der Waals surface area contributed by atoms with Crippen molar-refractivity contribution in [2.75, 3.05) is 33.5 Å². The maximum atomic E-state index is 13.5. The van der Waals surface area contributed by atoms with Crippen molar-refractivity contribution in [2.24, 2.45) is 5.92 Å². The van der Waals surface area contributed by atoms with Crippen LogP contribution in [0.25, 0.3) is 11.3 Å². The number of aromatic nitrogens is 2. The van der Waals surface area contributed by atoms with Crippen LogP contribution in [0.5, 0.6) is 17.2 Å². The standard InChI is InChI=1S/C29H37N3O5/c1-7-36-23-16-20(8-9-22(23)37-12-10-17(2)3)27-24-25(21-15-18(4)14-19(5)28(21)33)30-31-26(24)29(34)32(27)11-13-35-6/h8-9,14-17,27,33H,7,10-13H2,1-6H3,(H,30,31). The first-order valence-electron chi connectivity index (χ1n) is 12.8. The molecule has 0 bridgehead atoms. The van der Waals surface area contributed by atoms with Gasteiger partial charge in [0.2, 0.25) is 0 Å². The number of ether oxygens (including phenoxy) is 3. The summed E-state index contributed by atoms with van der Waals surface area (Å²) >= 11 is 0. The van der Waals surface area contributed by atoms with Crippen LogP contribution in [0, 0.1) is 19.8 Å². The lowest BCUT2D eigenvalue weighted by Gasteiger charge is -2.27. The molecule has 3 aromatic rings. The van der Waals surface area contributed by atoms with Crippen LogP contribution in [0.4, 0.5) is 0 Å². The van der Waals surface area contributed by atoms with E-state index in [2.05, 4.69) is 24.0 Å². The number of nitrogens with zero attached hydrogens (tertiary/aromatic N) is 2. The van der Waals surface area contributed by atoms with E-state index in [9.17, 15) is 9.90 Å². The van der Waals surface area contributed by atoms with Crippen LogP contribution in [0.1, 0.15) is 66.0 Å². The van der Waals surface area contributed by atoms with Gasteiger partial charge in [0.05, 0.1) is 25.9 Å². The first-order chi connectivity index (χ1) is 17.8. The van der Waals surface area contributed by atoms with Crippen molar-refractivity contribution in [3.05, 3.63) is 58.3 Å². The summed E-state index contributed by atoms with van der Waals surface area (Å²) in [4.78, 5) is 15.3. The zero-order chi connectivity index (χ0) is 26.7. The molecule has 2 heterocycles. The van der Waals surface area contributed by atoms with Gasteiger partial charge in [0.1, 0.15) is 17.1 Å². The maximum Gasteiger partial charge on any atom is 0.273 e. The molecule has 37 heavy (non-hydrogen) atoms. The minimum atomic E-state index is -0.435. The molecule has 8 heteroatoms. The summed E-state index contributed by atoms with van der Waals surface area (Å²) in [6.07, 6.45) is 0.941. The summed E-state index contributed by atoms with van der Waals surface area (Å²) in [5.41, 5.74) is 4.94. The number of carbonyl (C=O) groups excluding carboxylic acids is 1. The van der Waals surface area contributed by atoms with Crippen molar-refractivity contribution in [3.63, 3.8) is 0 Å². The number of hydrogen-bond acceptors (Lipinski definition) is 6. The minimum absolute atomic E-state index is 0.158. The quantitative estimate of drug-likeness (QED) is 0.360. The average Bonchev–Trinajstić information content (AvgIpc) is 3.39. The highest BCUT2D eigenvalue weighted by atomic mass is 16.5. The van der Waals surface area contributed by atoms with Crippen LogP contribution < -0.4 is 9.47 Å². The summed E-state index contributed by atoms with van der Waals surface area (Å²) in [5, 5.41) is 18.4. The molecule has 1 aromatic heterocycles. The lowest BCUT2D eigenvalue weighted by molar-refractivity contribution is 0.0677. The van der Waals surface area contributed by atoms with Crippen molar-refractivity contribution in [2.45, 2.75) is 47.1 Å². The number of carbonyl (C=O) groups is 1. The number of aromatic amines is 1. The Labute approximate surface area is 218 Å². The molecule has 0 radical (unpaired) electrons. The highest BCUT2D eigenvalue weighted by molar-refractivity contribution is 6.00. The summed E-state index contributed by atoms with van der Waals surface area (Å²) in [6, 6.07) is 9.21. The molecule has 0 aliphatic carbocycles. The number of benzene rings is 2. The second-order valence-corrected chi connectivity index (χ2v) is 9.90. The monoisotopic (exact) mass is 507 g/mol. The SMILES string of the molecule is CCOc1cc(C2c3c(-c4cc(C)cc(C)c4O)n[nH]c3C(=O)N2CCOC)ccc1OCCC(C)C. The lowest BCUT2D eigenvalue weighted by atomic mass is 9.94. The minimum Gasteiger partial charge on any atom is -0.507 e. The third-order valence-corrected chi connectivity index (χ3v) is 6.64. The van der Waals surface area contributed by atoms with Gasteiger partial charge in [-0.05, 0) is 68.0 Å². The van der Waals surface area contributed by atoms with Crippen LogP contribution in [0.15, 0.2) is 30.3 Å². The molecule has 2 N–H and O–H groups in total. The number of fused-ring (bicyclic) bond motifs is 1. The molecule has 0 saturated carbocycles. The topological polar surface area (TPSA) is 96.9 Å². The van der Waals surface area contributed by atoms with Crippen molar-refractivity contribution in [1.82, 2.24) is 15.1 Å². The fourth-order valence-electron chi connectivity index (χ4n) is 4.80. The van der Waals surface area contributed by atoms with Crippen LogP contribution in [-0.2, 0) is 4.74 Å². The summed E-state index contributed by atoms with van der Waals surface area (Å²) in [7, 11) is 1.62. The number of rotatable bonds is 11. The van der Waals surface area contributed by atoms with E-state index < -0.39 is 6.04 Å². The second-order valence-electron chi connectivity index (χ2n) is 9.90.